The first-order valence-electron chi connectivity index (χ1n) is 7.31. The Hall–Kier alpha value is -0.900. The lowest BCUT2D eigenvalue weighted by Gasteiger charge is -2.24. The third kappa shape index (κ3) is 1.96. The maximum atomic E-state index is 12.3. The Balaban J connectivity index is 1.68. The second-order valence-electron chi connectivity index (χ2n) is 5.93. The molecule has 3 fully saturated rings. The zero-order valence-electron chi connectivity index (χ0n) is 11.0. The van der Waals surface area contributed by atoms with Crippen LogP contribution in [0.3, 0.4) is 0 Å². The number of carbonyl (C=O) groups is 2. The molecule has 0 aromatic heterocycles. The van der Waals surface area contributed by atoms with Crippen molar-refractivity contribution in [1.82, 2.24) is 10.2 Å². The molecule has 0 radical (unpaired) electrons. The van der Waals surface area contributed by atoms with E-state index in [2.05, 4.69) is 12.2 Å². The van der Waals surface area contributed by atoms with Gasteiger partial charge in [0.05, 0.1) is 11.8 Å². The largest absolute Gasteiger partial charge is 0.312 e. The molecule has 4 heteroatoms. The van der Waals surface area contributed by atoms with Gasteiger partial charge in [0.1, 0.15) is 0 Å². The molecule has 0 spiro atoms. The molecule has 3 atom stereocenters. The van der Waals surface area contributed by atoms with Crippen LogP contribution in [0.15, 0.2) is 0 Å². The summed E-state index contributed by atoms with van der Waals surface area (Å²) in [4.78, 5) is 26.1. The number of likely N-dealkylation sites (N-methyl/N-ethyl adjacent to an activating group) is 1. The van der Waals surface area contributed by atoms with Crippen molar-refractivity contribution in [3.05, 3.63) is 0 Å². The van der Waals surface area contributed by atoms with Gasteiger partial charge in [-0.2, -0.15) is 0 Å². The summed E-state index contributed by atoms with van der Waals surface area (Å²) in [5.74, 6) is 0.904. The topological polar surface area (TPSA) is 49.4 Å². The highest BCUT2D eigenvalue weighted by Gasteiger charge is 2.50. The highest BCUT2D eigenvalue weighted by Crippen LogP contribution is 2.41. The fourth-order valence-electron chi connectivity index (χ4n) is 3.58. The van der Waals surface area contributed by atoms with Gasteiger partial charge in [-0.3, -0.25) is 14.5 Å². The van der Waals surface area contributed by atoms with Crippen LogP contribution in [-0.2, 0) is 9.59 Å². The molecule has 2 amide bonds. The molecule has 3 rings (SSSR count). The summed E-state index contributed by atoms with van der Waals surface area (Å²) in [6, 6.07) is 0.321. The number of amides is 2. The maximum absolute atomic E-state index is 12.3. The fourth-order valence-corrected chi connectivity index (χ4v) is 3.58. The number of fused-ring (bicyclic) bond motifs is 1. The van der Waals surface area contributed by atoms with Crippen molar-refractivity contribution < 1.29 is 9.59 Å². The van der Waals surface area contributed by atoms with E-state index in [1.165, 1.54) is 12.8 Å². The summed E-state index contributed by atoms with van der Waals surface area (Å²) >= 11 is 0. The van der Waals surface area contributed by atoms with Gasteiger partial charge in [0.2, 0.25) is 11.8 Å². The molecule has 0 bridgehead atoms. The molecule has 100 valence electrons. The monoisotopic (exact) mass is 250 g/mol. The Bertz CT molecular complexity index is 343. The second kappa shape index (κ2) is 4.65. The van der Waals surface area contributed by atoms with Gasteiger partial charge in [0.15, 0.2) is 0 Å². The van der Waals surface area contributed by atoms with E-state index in [-0.39, 0.29) is 23.7 Å². The molecular formula is C14H22N2O2. The lowest BCUT2D eigenvalue weighted by molar-refractivity contribution is -0.140. The third-order valence-corrected chi connectivity index (χ3v) is 4.72. The predicted octanol–water partition coefficient (Wildman–Crippen LogP) is 1.16. The van der Waals surface area contributed by atoms with Crippen molar-refractivity contribution in [2.45, 2.75) is 45.1 Å². The van der Waals surface area contributed by atoms with Gasteiger partial charge in [-0.1, -0.05) is 13.3 Å². The van der Waals surface area contributed by atoms with Crippen LogP contribution in [0.25, 0.3) is 0 Å². The minimum atomic E-state index is 0.0129. The Morgan fingerprint density at radius 2 is 1.78 bits per heavy atom. The summed E-state index contributed by atoms with van der Waals surface area (Å²) in [5, 5.41) is 3.43. The van der Waals surface area contributed by atoms with Crippen LogP contribution >= 0.6 is 0 Å². The van der Waals surface area contributed by atoms with E-state index in [9.17, 15) is 9.59 Å². The highest BCUT2D eigenvalue weighted by atomic mass is 16.2. The van der Waals surface area contributed by atoms with Gasteiger partial charge in [-0.15, -0.1) is 0 Å². The molecule has 1 saturated heterocycles. The molecule has 18 heavy (non-hydrogen) atoms. The third-order valence-electron chi connectivity index (χ3n) is 4.72. The van der Waals surface area contributed by atoms with Gasteiger partial charge >= 0.3 is 0 Å². The lowest BCUT2D eigenvalue weighted by atomic mass is 10.00. The summed E-state index contributed by atoms with van der Waals surface area (Å²) in [5.41, 5.74) is 0. The SMILES string of the molecule is CCNC(CN1C(=O)C2CCCC2C1=O)C1CC1. The first kappa shape index (κ1) is 12.2. The number of imide groups is 1. The second-order valence-corrected chi connectivity index (χ2v) is 5.93. The molecule has 1 heterocycles. The Morgan fingerprint density at radius 3 is 2.28 bits per heavy atom. The van der Waals surface area contributed by atoms with Crippen LogP contribution in [-0.4, -0.2) is 35.8 Å². The molecule has 3 unspecified atom stereocenters. The number of likely N-dealkylation sites (tertiary alicyclic amines) is 1. The standard InChI is InChI=1S/C14H22N2O2/c1-2-15-12(9-6-7-9)8-16-13(17)10-4-3-5-11(10)14(16)18/h9-12,15H,2-8H2,1H3. The normalized spacial score (nSPS) is 33.1. The molecule has 0 aromatic rings. The first-order valence-corrected chi connectivity index (χ1v) is 7.31. The Morgan fingerprint density at radius 1 is 1.17 bits per heavy atom. The zero-order valence-corrected chi connectivity index (χ0v) is 11.0. The van der Waals surface area contributed by atoms with E-state index in [1.54, 1.807) is 4.90 Å². The average Bonchev–Trinajstić information content (AvgIpc) is 3.04. The minimum Gasteiger partial charge on any atom is -0.312 e. The summed E-state index contributed by atoms with van der Waals surface area (Å²) < 4.78 is 0. The van der Waals surface area contributed by atoms with E-state index in [4.69, 9.17) is 0 Å². The number of carbonyl (C=O) groups excluding carboxylic acids is 2. The maximum Gasteiger partial charge on any atom is 0.233 e. The molecular weight excluding hydrogens is 228 g/mol. The van der Waals surface area contributed by atoms with Crippen LogP contribution in [0, 0.1) is 17.8 Å². The van der Waals surface area contributed by atoms with E-state index in [1.807, 2.05) is 0 Å². The van der Waals surface area contributed by atoms with E-state index >= 15 is 0 Å². The molecule has 4 nitrogen and oxygen atoms in total. The smallest absolute Gasteiger partial charge is 0.233 e. The quantitative estimate of drug-likeness (QED) is 0.745. The molecule has 2 aliphatic carbocycles. The van der Waals surface area contributed by atoms with Crippen LogP contribution in [0.5, 0.6) is 0 Å². The number of nitrogens with one attached hydrogen (secondary N) is 1. The summed E-state index contributed by atoms with van der Waals surface area (Å²) in [6.07, 6.45) is 5.35. The number of rotatable bonds is 5. The molecule has 0 aromatic carbocycles. The Kier molecular flexibility index (Phi) is 3.14. The number of hydrogen-bond acceptors (Lipinski definition) is 3. The van der Waals surface area contributed by atoms with E-state index in [0.29, 0.717) is 18.5 Å². The highest BCUT2D eigenvalue weighted by molar-refractivity contribution is 6.05. The number of hydrogen-bond donors (Lipinski definition) is 1. The molecule has 2 saturated carbocycles. The van der Waals surface area contributed by atoms with Gasteiger partial charge in [0, 0.05) is 12.6 Å². The number of nitrogens with zero attached hydrogens (tertiary/aromatic N) is 1. The van der Waals surface area contributed by atoms with Crippen molar-refractivity contribution in [1.29, 1.82) is 0 Å². The predicted molar refractivity (Wildman–Crippen MR) is 67.7 cm³/mol. The van der Waals surface area contributed by atoms with Crippen molar-refractivity contribution in [2.75, 3.05) is 13.1 Å². The summed E-state index contributed by atoms with van der Waals surface area (Å²) in [7, 11) is 0. The van der Waals surface area contributed by atoms with Gasteiger partial charge < -0.3 is 5.32 Å². The Labute approximate surface area is 108 Å². The van der Waals surface area contributed by atoms with Gasteiger partial charge in [-0.25, -0.2) is 0 Å². The lowest BCUT2D eigenvalue weighted by Crippen LogP contribution is -2.45. The average molecular weight is 250 g/mol. The minimum absolute atomic E-state index is 0.0129. The van der Waals surface area contributed by atoms with Gasteiger partial charge in [0.25, 0.3) is 0 Å². The van der Waals surface area contributed by atoms with Crippen LogP contribution in [0.1, 0.15) is 39.0 Å². The van der Waals surface area contributed by atoms with Crippen molar-refractivity contribution in [3.8, 4) is 0 Å². The zero-order chi connectivity index (χ0) is 12.7. The molecule has 3 aliphatic rings. The molecule has 1 N–H and O–H groups in total. The van der Waals surface area contributed by atoms with Crippen molar-refractivity contribution in [2.24, 2.45) is 17.8 Å². The summed E-state index contributed by atoms with van der Waals surface area (Å²) in [6.45, 7) is 3.59. The fraction of sp³-hybridized carbons (Fsp3) is 0.857. The molecule has 1 aliphatic heterocycles. The first-order chi connectivity index (χ1) is 8.72. The van der Waals surface area contributed by atoms with Gasteiger partial charge in [-0.05, 0) is 38.1 Å². The van der Waals surface area contributed by atoms with Crippen LogP contribution < -0.4 is 5.32 Å². The van der Waals surface area contributed by atoms with Crippen molar-refractivity contribution in [3.63, 3.8) is 0 Å². The van der Waals surface area contributed by atoms with Crippen LogP contribution in [0.2, 0.25) is 0 Å². The van der Waals surface area contributed by atoms with E-state index < -0.39 is 0 Å². The van der Waals surface area contributed by atoms with Crippen molar-refractivity contribution >= 4 is 11.8 Å². The van der Waals surface area contributed by atoms with Crippen LogP contribution in [0.4, 0.5) is 0 Å². The van der Waals surface area contributed by atoms with E-state index in [0.717, 1.165) is 25.8 Å².